The number of hydrogen-bond donors (Lipinski definition) is 1. The summed E-state index contributed by atoms with van der Waals surface area (Å²) >= 11 is 0. The molecule has 2 N–H and O–H groups in total. The summed E-state index contributed by atoms with van der Waals surface area (Å²) in [5.41, 5.74) is 6.16. The van der Waals surface area contributed by atoms with Gasteiger partial charge in [-0.15, -0.1) is 0 Å². The Balaban J connectivity index is 2.49. The number of ether oxygens (including phenoxy) is 2. The first-order chi connectivity index (χ1) is 7.68. The van der Waals surface area contributed by atoms with Gasteiger partial charge in [0.1, 0.15) is 0 Å². The maximum atomic E-state index is 14.2. The van der Waals surface area contributed by atoms with E-state index in [2.05, 4.69) is 0 Å². The van der Waals surface area contributed by atoms with Crippen LogP contribution in [0.25, 0.3) is 0 Å². The Kier molecular flexibility index (Phi) is 2.76. The van der Waals surface area contributed by atoms with Crippen LogP contribution in [0.5, 0.6) is 11.5 Å². The Labute approximate surface area is 94.3 Å². The maximum absolute atomic E-state index is 14.2. The van der Waals surface area contributed by atoms with Gasteiger partial charge < -0.3 is 15.2 Å². The van der Waals surface area contributed by atoms with Crippen molar-refractivity contribution >= 4 is 0 Å². The average molecular weight is 225 g/mol. The molecule has 3 nitrogen and oxygen atoms in total. The van der Waals surface area contributed by atoms with Gasteiger partial charge in [0.25, 0.3) is 0 Å². The molecule has 1 aromatic rings. The lowest BCUT2D eigenvalue weighted by Gasteiger charge is -2.17. The third kappa shape index (κ3) is 1.53. The van der Waals surface area contributed by atoms with E-state index in [1.807, 2.05) is 0 Å². The largest absolute Gasteiger partial charge is 0.493 e. The Hall–Kier alpha value is -1.29. The van der Waals surface area contributed by atoms with Crippen LogP contribution in [0.4, 0.5) is 4.39 Å². The molecule has 0 atom stereocenters. The van der Waals surface area contributed by atoms with Crippen molar-refractivity contribution in [1.29, 1.82) is 0 Å². The molecule has 88 valence electrons. The molecule has 0 amide bonds. The van der Waals surface area contributed by atoms with Gasteiger partial charge in [-0.25, -0.2) is 4.39 Å². The van der Waals surface area contributed by atoms with E-state index in [0.717, 1.165) is 12.8 Å². The number of benzene rings is 1. The van der Waals surface area contributed by atoms with E-state index in [0.29, 0.717) is 17.9 Å². The van der Waals surface area contributed by atoms with Crippen molar-refractivity contribution in [1.82, 2.24) is 0 Å². The van der Waals surface area contributed by atoms with E-state index in [1.165, 1.54) is 14.2 Å². The fraction of sp³-hybridized carbons (Fsp3) is 0.500. The highest BCUT2D eigenvalue weighted by Crippen LogP contribution is 2.50. The molecule has 4 heteroatoms. The lowest BCUT2D eigenvalue weighted by Crippen LogP contribution is -2.21. The van der Waals surface area contributed by atoms with Crippen molar-refractivity contribution in [3.05, 3.63) is 23.5 Å². The lowest BCUT2D eigenvalue weighted by molar-refractivity contribution is 0.334. The Morgan fingerprint density at radius 2 is 2.00 bits per heavy atom. The van der Waals surface area contributed by atoms with Crippen LogP contribution < -0.4 is 15.2 Å². The van der Waals surface area contributed by atoms with E-state index in [-0.39, 0.29) is 17.0 Å². The topological polar surface area (TPSA) is 44.5 Å². The van der Waals surface area contributed by atoms with E-state index in [4.69, 9.17) is 15.2 Å². The SMILES string of the molecule is COc1ccc(C2(CN)CC2)c(F)c1OC. The standard InChI is InChI=1S/C12H16FNO2/c1-15-9-4-3-8(10(13)11(9)16-2)12(7-14)5-6-12/h3-4H,5-7,14H2,1-2H3. The minimum Gasteiger partial charge on any atom is -0.493 e. The van der Waals surface area contributed by atoms with Crippen LogP contribution in [0.1, 0.15) is 18.4 Å². The Morgan fingerprint density at radius 1 is 1.31 bits per heavy atom. The quantitative estimate of drug-likeness (QED) is 0.850. The summed E-state index contributed by atoms with van der Waals surface area (Å²) in [7, 11) is 2.93. The van der Waals surface area contributed by atoms with Crippen LogP contribution in [-0.2, 0) is 5.41 Å². The second-order valence-electron chi connectivity index (χ2n) is 4.15. The molecule has 16 heavy (non-hydrogen) atoms. The summed E-state index contributed by atoms with van der Waals surface area (Å²) in [6.07, 6.45) is 1.88. The minimum atomic E-state index is -0.343. The average Bonchev–Trinajstić information content (AvgIpc) is 3.09. The summed E-state index contributed by atoms with van der Waals surface area (Å²) in [4.78, 5) is 0. The summed E-state index contributed by atoms with van der Waals surface area (Å²) in [5, 5.41) is 0. The number of rotatable bonds is 4. The molecule has 0 spiro atoms. The molecule has 0 bridgehead atoms. The fourth-order valence-electron chi connectivity index (χ4n) is 2.03. The molecule has 2 rings (SSSR count). The summed E-state index contributed by atoms with van der Waals surface area (Å²) in [5.74, 6) is 0.237. The van der Waals surface area contributed by atoms with Gasteiger partial charge in [0.15, 0.2) is 17.3 Å². The van der Waals surface area contributed by atoms with Gasteiger partial charge in [-0.3, -0.25) is 0 Å². The third-order valence-electron chi connectivity index (χ3n) is 3.30. The van der Waals surface area contributed by atoms with Gasteiger partial charge in [-0.05, 0) is 24.5 Å². The van der Waals surface area contributed by atoms with Gasteiger partial charge in [0, 0.05) is 12.0 Å². The Bertz CT molecular complexity index is 402. The van der Waals surface area contributed by atoms with Crippen LogP contribution >= 0.6 is 0 Å². The molecule has 1 aliphatic carbocycles. The van der Waals surface area contributed by atoms with Crippen LogP contribution in [0.3, 0.4) is 0 Å². The molecule has 1 aromatic carbocycles. The van der Waals surface area contributed by atoms with Crippen molar-refractivity contribution in [3.8, 4) is 11.5 Å². The van der Waals surface area contributed by atoms with E-state index >= 15 is 0 Å². The predicted octanol–water partition coefficient (Wildman–Crippen LogP) is 1.83. The molecule has 1 fully saturated rings. The normalized spacial score (nSPS) is 17.0. The molecule has 0 unspecified atom stereocenters. The van der Waals surface area contributed by atoms with Gasteiger partial charge in [-0.1, -0.05) is 6.07 Å². The highest BCUT2D eigenvalue weighted by Gasteiger charge is 2.45. The summed E-state index contributed by atoms with van der Waals surface area (Å²) in [6, 6.07) is 3.48. The number of hydrogen-bond acceptors (Lipinski definition) is 3. The zero-order valence-electron chi connectivity index (χ0n) is 9.55. The van der Waals surface area contributed by atoms with E-state index in [9.17, 15) is 4.39 Å². The molecular weight excluding hydrogens is 209 g/mol. The third-order valence-corrected chi connectivity index (χ3v) is 3.30. The number of methoxy groups -OCH3 is 2. The van der Waals surface area contributed by atoms with Crippen LogP contribution in [0, 0.1) is 5.82 Å². The van der Waals surface area contributed by atoms with Crippen molar-refractivity contribution in [2.24, 2.45) is 5.73 Å². The summed E-state index contributed by atoms with van der Waals surface area (Å²) < 4.78 is 24.3. The second-order valence-corrected chi connectivity index (χ2v) is 4.15. The van der Waals surface area contributed by atoms with Gasteiger partial charge in [0.2, 0.25) is 0 Å². The van der Waals surface area contributed by atoms with Crippen molar-refractivity contribution in [3.63, 3.8) is 0 Å². The lowest BCUT2D eigenvalue weighted by atomic mass is 9.95. The highest BCUT2D eigenvalue weighted by molar-refractivity contribution is 5.48. The zero-order chi connectivity index (χ0) is 11.8. The van der Waals surface area contributed by atoms with Gasteiger partial charge >= 0.3 is 0 Å². The zero-order valence-corrected chi connectivity index (χ0v) is 9.55. The van der Waals surface area contributed by atoms with Crippen molar-refractivity contribution in [2.45, 2.75) is 18.3 Å². The molecule has 0 aliphatic heterocycles. The highest BCUT2D eigenvalue weighted by atomic mass is 19.1. The number of halogens is 1. The Morgan fingerprint density at radius 3 is 2.44 bits per heavy atom. The first kappa shape index (κ1) is 11.2. The first-order valence-electron chi connectivity index (χ1n) is 5.29. The minimum absolute atomic E-state index is 0.166. The molecular formula is C12H16FNO2. The molecule has 1 saturated carbocycles. The maximum Gasteiger partial charge on any atom is 0.197 e. The molecule has 1 aliphatic rings. The van der Waals surface area contributed by atoms with Crippen LogP contribution in [-0.4, -0.2) is 20.8 Å². The van der Waals surface area contributed by atoms with Gasteiger partial charge in [-0.2, -0.15) is 0 Å². The first-order valence-corrected chi connectivity index (χ1v) is 5.29. The number of nitrogens with two attached hydrogens (primary N) is 1. The predicted molar refractivity (Wildman–Crippen MR) is 59.5 cm³/mol. The molecule has 0 heterocycles. The van der Waals surface area contributed by atoms with Crippen LogP contribution in [0.15, 0.2) is 12.1 Å². The molecule has 0 saturated heterocycles. The monoisotopic (exact) mass is 225 g/mol. The summed E-state index contributed by atoms with van der Waals surface area (Å²) in [6.45, 7) is 0.472. The molecule has 0 aromatic heterocycles. The van der Waals surface area contributed by atoms with Crippen molar-refractivity contribution in [2.75, 3.05) is 20.8 Å². The second kappa shape index (κ2) is 3.94. The smallest absolute Gasteiger partial charge is 0.197 e. The molecule has 0 radical (unpaired) electrons. The van der Waals surface area contributed by atoms with Crippen molar-refractivity contribution < 1.29 is 13.9 Å². The fourth-order valence-corrected chi connectivity index (χ4v) is 2.03. The van der Waals surface area contributed by atoms with Crippen LogP contribution in [0.2, 0.25) is 0 Å². The van der Waals surface area contributed by atoms with E-state index < -0.39 is 0 Å². The van der Waals surface area contributed by atoms with E-state index in [1.54, 1.807) is 12.1 Å². The van der Waals surface area contributed by atoms with Gasteiger partial charge in [0.05, 0.1) is 14.2 Å².